The Morgan fingerprint density at radius 2 is 2.19 bits per heavy atom. The number of phenols is 1. The molecule has 2 atom stereocenters. The van der Waals surface area contributed by atoms with E-state index in [0.717, 1.165) is 0 Å². The van der Waals surface area contributed by atoms with Crippen molar-refractivity contribution >= 4 is 11.8 Å². The third-order valence-corrected chi connectivity index (χ3v) is 5.36. The van der Waals surface area contributed by atoms with E-state index in [4.69, 9.17) is 14.2 Å². The van der Waals surface area contributed by atoms with Gasteiger partial charge in [-0.3, -0.25) is 9.59 Å². The lowest BCUT2D eigenvalue weighted by Crippen LogP contribution is -2.48. The molecule has 0 aromatic heterocycles. The average molecular weight is 362 g/mol. The van der Waals surface area contributed by atoms with Crippen molar-refractivity contribution in [2.24, 2.45) is 0 Å². The summed E-state index contributed by atoms with van der Waals surface area (Å²) >= 11 is 0. The lowest BCUT2D eigenvalue weighted by atomic mass is 10.1. The summed E-state index contributed by atoms with van der Waals surface area (Å²) in [7, 11) is 1.57. The van der Waals surface area contributed by atoms with Gasteiger partial charge < -0.3 is 29.1 Å². The Kier molecular flexibility index (Phi) is 4.24. The zero-order chi connectivity index (χ0) is 18.3. The van der Waals surface area contributed by atoms with Crippen molar-refractivity contribution in [3.8, 4) is 11.5 Å². The molecule has 26 heavy (non-hydrogen) atoms. The Balaban J connectivity index is 1.56. The summed E-state index contributed by atoms with van der Waals surface area (Å²) in [6.45, 7) is 2.34. The maximum atomic E-state index is 13.1. The molecular formula is C18H22N2O6. The second kappa shape index (κ2) is 6.44. The summed E-state index contributed by atoms with van der Waals surface area (Å²) in [6.07, 6.45) is 0.896. The number of phenolic OH excluding ortho intramolecular Hbond substituents is 1. The fraction of sp³-hybridized carbons (Fsp3) is 0.556. The van der Waals surface area contributed by atoms with Crippen molar-refractivity contribution < 1.29 is 28.9 Å². The summed E-state index contributed by atoms with van der Waals surface area (Å²) in [5.74, 6) is 0.160. The predicted molar refractivity (Wildman–Crippen MR) is 89.9 cm³/mol. The quantitative estimate of drug-likeness (QED) is 0.772. The van der Waals surface area contributed by atoms with Crippen molar-refractivity contribution in [1.29, 1.82) is 0 Å². The van der Waals surface area contributed by atoms with Crippen LogP contribution in [0.25, 0.3) is 0 Å². The SMILES string of the molecule is COCCOc1cc(O)cc(C(=O)N2CC[C@@]34OCCN3C(=O)C[C@@H]24)c1. The number of carbonyl (C=O) groups excluding carboxylic acids is 2. The van der Waals surface area contributed by atoms with Gasteiger partial charge in [0.05, 0.1) is 25.7 Å². The predicted octanol–water partition coefficient (Wildman–Crippen LogP) is 0.591. The first kappa shape index (κ1) is 17.1. The molecule has 0 saturated carbocycles. The fourth-order valence-corrected chi connectivity index (χ4v) is 4.23. The number of methoxy groups -OCH3 is 1. The summed E-state index contributed by atoms with van der Waals surface area (Å²) in [5, 5.41) is 9.95. The van der Waals surface area contributed by atoms with Crippen molar-refractivity contribution in [2.75, 3.05) is 40.0 Å². The van der Waals surface area contributed by atoms with Gasteiger partial charge in [-0.25, -0.2) is 0 Å². The van der Waals surface area contributed by atoms with Gasteiger partial charge in [0, 0.05) is 38.2 Å². The molecule has 0 bridgehead atoms. The first-order valence-electron chi connectivity index (χ1n) is 8.76. The van der Waals surface area contributed by atoms with E-state index in [1.165, 1.54) is 12.1 Å². The van der Waals surface area contributed by atoms with E-state index >= 15 is 0 Å². The molecule has 3 aliphatic heterocycles. The highest BCUT2D eigenvalue weighted by Gasteiger charge is 2.62. The molecule has 140 valence electrons. The minimum absolute atomic E-state index is 0.0319. The standard InChI is InChI=1S/C18H22N2O6/c1-24-6-7-25-14-9-12(8-13(21)10-14)17(23)19-3-2-18-15(19)11-16(22)20(18)4-5-26-18/h8-10,15,21H,2-7,11H2,1H3/t15-,18+/m1/s1. The Bertz CT molecular complexity index is 738. The van der Waals surface area contributed by atoms with Gasteiger partial charge in [-0.05, 0) is 12.1 Å². The summed E-state index contributed by atoms with van der Waals surface area (Å²) in [5.41, 5.74) is -0.333. The van der Waals surface area contributed by atoms with Gasteiger partial charge >= 0.3 is 0 Å². The Morgan fingerprint density at radius 3 is 3.00 bits per heavy atom. The van der Waals surface area contributed by atoms with Crippen LogP contribution in [0.5, 0.6) is 11.5 Å². The van der Waals surface area contributed by atoms with Crippen molar-refractivity contribution in [2.45, 2.75) is 24.6 Å². The topological polar surface area (TPSA) is 88.5 Å². The van der Waals surface area contributed by atoms with Crippen LogP contribution < -0.4 is 4.74 Å². The lowest BCUT2D eigenvalue weighted by Gasteiger charge is -2.31. The number of rotatable bonds is 5. The summed E-state index contributed by atoms with van der Waals surface area (Å²) in [4.78, 5) is 28.8. The van der Waals surface area contributed by atoms with Crippen LogP contribution in [0.4, 0.5) is 0 Å². The number of hydrogen-bond acceptors (Lipinski definition) is 6. The lowest BCUT2D eigenvalue weighted by molar-refractivity contribution is -0.136. The molecule has 4 rings (SSSR count). The van der Waals surface area contributed by atoms with Gasteiger partial charge in [-0.2, -0.15) is 0 Å². The molecule has 1 aromatic carbocycles. The average Bonchev–Trinajstić information content (AvgIpc) is 3.25. The van der Waals surface area contributed by atoms with E-state index in [-0.39, 0.29) is 30.0 Å². The van der Waals surface area contributed by atoms with Crippen molar-refractivity contribution in [1.82, 2.24) is 9.80 Å². The van der Waals surface area contributed by atoms with Crippen LogP contribution in [0.15, 0.2) is 18.2 Å². The van der Waals surface area contributed by atoms with Crippen LogP contribution in [-0.4, -0.2) is 78.5 Å². The molecule has 8 heteroatoms. The number of amides is 2. The Hall–Kier alpha value is -2.32. The van der Waals surface area contributed by atoms with Crippen molar-refractivity contribution in [3.63, 3.8) is 0 Å². The van der Waals surface area contributed by atoms with E-state index in [9.17, 15) is 14.7 Å². The molecule has 8 nitrogen and oxygen atoms in total. The third-order valence-electron chi connectivity index (χ3n) is 5.36. The van der Waals surface area contributed by atoms with E-state index in [2.05, 4.69) is 0 Å². The second-order valence-corrected chi connectivity index (χ2v) is 6.76. The zero-order valence-electron chi connectivity index (χ0n) is 14.6. The fourth-order valence-electron chi connectivity index (χ4n) is 4.23. The third kappa shape index (κ3) is 2.60. The van der Waals surface area contributed by atoms with Crippen LogP contribution in [0.2, 0.25) is 0 Å². The largest absolute Gasteiger partial charge is 0.508 e. The monoisotopic (exact) mass is 362 g/mol. The highest BCUT2D eigenvalue weighted by atomic mass is 16.5. The Labute approximate surface area is 151 Å². The molecule has 3 saturated heterocycles. The van der Waals surface area contributed by atoms with Gasteiger partial charge in [-0.15, -0.1) is 0 Å². The minimum atomic E-state index is -0.665. The van der Waals surface area contributed by atoms with Crippen LogP contribution in [-0.2, 0) is 14.3 Å². The zero-order valence-corrected chi connectivity index (χ0v) is 14.6. The minimum Gasteiger partial charge on any atom is -0.508 e. The van der Waals surface area contributed by atoms with E-state index < -0.39 is 5.72 Å². The molecule has 1 N–H and O–H groups in total. The van der Waals surface area contributed by atoms with E-state index in [1.54, 1.807) is 23.0 Å². The molecule has 0 unspecified atom stereocenters. The molecule has 0 aliphatic carbocycles. The van der Waals surface area contributed by atoms with Gasteiger partial charge in [0.15, 0.2) is 5.72 Å². The molecule has 1 aromatic rings. The molecule has 3 fully saturated rings. The number of ether oxygens (including phenoxy) is 3. The first-order valence-corrected chi connectivity index (χ1v) is 8.76. The van der Waals surface area contributed by atoms with Gasteiger partial charge in [0.2, 0.25) is 5.91 Å². The van der Waals surface area contributed by atoms with Crippen LogP contribution >= 0.6 is 0 Å². The van der Waals surface area contributed by atoms with Gasteiger partial charge in [0.25, 0.3) is 5.91 Å². The molecule has 0 radical (unpaired) electrons. The number of carbonyl (C=O) groups is 2. The molecule has 2 amide bonds. The van der Waals surface area contributed by atoms with E-state index in [1.807, 2.05) is 0 Å². The molecule has 1 spiro atoms. The summed E-state index contributed by atoms with van der Waals surface area (Å²) in [6, 6.07) is 4.19. The van der Waals surface area contributed by atoms with Crippen LogP contribution in [0, 0.1) is 0 Å². The molecule has 3 aliphatic rings. The second-order valence-electron chi connectivity index (χ2n) is 6.76. The first-order chi connectivity index (χ1) is 12.5. The summed E-state index contributed by atoms with van der Waals surface area (Å²) < 4.78 is 16.4. The normalized spacial score (nSPS) is 27.0. The molecule has 3 heterocycles. The van der Waals surface area contributed by atoms with E-state index in [0.29, 0.717) is 50.6 Å². The Morgan fingerprint density at radius 1 is 1.35 bits per heavy atom. The maximum Gasteiger partial charge on any atom is 0.254 e. The highest BCUT2D eigenvalue weighted by Crippen LogP contribution is 2.46. The van der Waals surface area contributed by atoms with Gasteiger partial charge in [-0.1, -0.05) is 0 Å². The number of benzene rings is 1. The number of nitrogens with zero attached hydrogens (tertiary/aromatic N) is 2. The van der Waals surface area contributed by atoms with Crippen LogP contribution in [0.1, 0.15) is 23.2 Å². The number of likely N-dealkylation sites (tertiary alicyclic amines) is 1. The smallest absolute Gasteiger partial charge is 0.254 e. The van der Waals surface area contributed by atoms with Gasteiger partial charge in [0.1, 0.15) is 18.1 Å². The maximum absolute atomic E-state index is 13.1. The number of hydrogen-bond donors (Lipinski definition) is 1. The number of aromatic hydroxyl groups is 1. The van der Waals surface area contributed by atoms with Crippen LogP contribution in [0.3, 0.4) is 0 Å². The highest BCUT2D eigenvalue weighted by molar-refractivity contribution is 5.96. The molecular weight excluding hydrogens is 340 g/mol. The van der Waals surface area contributed by atoms with Crippen molar-refractivity contribution in [3.05, 3.63) is 23.8 Å².